The summed E-state index contributed by atoms with van der Waals surface area (Å²) in [6.07, 6.45) is 10.2. The molecular weight excluding hydrogens is 298 g/mol. The number of piperidine rings is 1. The van der Waals surface area contributed by atoms with Gasteiger partial charge in [0.15, 0.2) is 0 Å². The van der Waals surface area contributed by atoms with Crippen LogP contribution in [0.1, 0.15) is 43.1 Å². The van der Waals surface area contributed by atoms with E-state index in [1.165, 1.54) is 11.1 Å². The van der Waals surface area contributed by atoms with Gasteiger partial charge < -0.3 is 10.2 Å². The molecular formula is C19H27N5. The molecule has 1 aliphatic rings. The van der Waals surface area contributed by atoms with E-state index in [1.807, 2.05) is 31.6 Å². The summed E-state index contributed by atoms with van der Waals surface area (Å²) in [4.78, 5) is 15.7. The Morgan fingerprint density at radius 2 is 2.08 bits per heavy atom. The molecule has 5 nitrogen and oxygen atoms in total. The second kappa shape index (κ2) is 8.20. The van der Waals surface area contributed by atoms with Crippen molar-refractivity contribution in [3.05, 3.63) is 47.7 Å². The number of nitrogens with one attached hydrogen (secondary N) is 1. The second-order valence-electron chi connectivity index (χ2n) is 6.52. The maximum absolute atomic E-state index is 4.72. The third kappa shape index (κ3) is 4.29. The highest BCUT2D eigenvalue weighted by atomic mass is 15.2. The zero-order chi connectivity index (χ0) is 16.8. The molecule has 2 aromatic heterocycles. The van der Waals surface area contributed by atoms with Crippen molar-refractivity contribution in [2.45, 2.75) is 52.1 Å². The SMILES string of the molecule is CCCc1cnc(C)nc1N1CCC(NCc2cccnc2)CC1. The van der Waals surface area contributed by atoms with E-state index in [-0.39, 0.29) is 0 Å². The minimum absolute atomic E-state index is 0.569. The Morgan fingerprint density at radius 3 is 2.79 bits per heavy atom. The molecule has 0 aliphatic carbocycles. The number of hydrogen-bond donors (Lipinski definition) is 1. The Hall–Kier alpha value is -2.01. The summed E-state index contributed by atoms with van der Waals surface area (Å²) in [5.74, 6) is 2.01. The molecule has 0 saturated carbocycles. The highest BCUT2D eigenvalue weighted by Gasteiger charge is 2.21. The van der Waals surface area contributed by atoms with Gasteiger partial charge in [0.1, 0.15) is 11.6 Å². The molecule has 3 heterocycles. The molecule has 2 aromatic rings. The first-order valence-electron chi connectivity index (χ1n) is 8.96. The lowest BCUT2D eigenvalue weighted by Crippen LogP contribution is -2.43. The Labute approximate surface area is 144 Å². The molecule has 5 heteroatoms. The molecule has 1 saturated heterocycles. The third-order valence-electron chi connectivity index (χ3n) is 4.59. The van der Waals surface area contributed by atoms with Crippen molar-refractivity contribution in [1.82, 2.24) is 20.3 Å². The van der Waals surface area contributed by atoms with Crippen LogP contribution < -0.4 is 10.2 Å². The number of aromatic nitrogens is 3. The van der Waals surface area contributed by atoms with Crippen LogP contribution >= 0.6 is 0 Å². The van der Waals surface area contributed by atoms with Crippen molar-refractivity contribution in [3.63, 3.8) is 0 Å². The minimum atomic E-state index is 0.569. The number of aryl methyl sites for hydroxylation is 2. The Balaban J connectivity index is 1.56. The summed E-state index contributed by atoms with van der Waals surface area (Å²) < 4.78 is 0. The fraction of sp³-hybridized carbons (Fsp3) is 0.526. The lowest BCUT2D eigenvalue weighted by molar-refractivity contribution is 0.412. The summed E-state index contributed by atoms with van der Waals surface area (Å²) in [6, 6.07) is 4.68. The number of hydrogen-bond acceptors (Lipinski definition) is 5. The fourth-order valence-electron chi connectivity index (χ4n) is 3.26. The normalized spacial score (nSPS) is 15.7. The topological polar surface area (TPSA) is 53.9 Å². The number of pyridine rings is 1. The maximum Gasteiger partial charge on any atom is 0.135 e. The molecule has 0 aromatic carbocycles. The molecule has 128 valence electrons. The Kier molecular flexibility index (Phi) is 5.75. The molecule has 1 N–H and O–H groups in total. The zero-order valence-corrected chi connectivity index (χ0v) is 14.7. The molecule has 0 amide bonds. The minimum Gasteiger partial charge on any atom is -0.356 e. The van der Waals surface area contributed by atoms with E-state index in [2.05, 4.69) is 33.2 Å². The van der Waals surface area contributed by atoms with Crippen LogP contribution in [0.4, 0.5) is 5.82 Å². The van der Waals surface area contributed by atoms with Gasteiger partial charge in [0, 0.05) is 49.8 Å². The van der Waals surface area contributed by atoms with Gasteiger partial charge in [0.2, 0.25) is 0 Å². The van der Waals surface area contributed by atoms with E-state index in [0.717, 1.165) is 57.0 Å². The van der Waals surface area contributed by atoms with Crippen LogP contribution in [-0.4, -0.2) is 34.1 Å². The van der Waals surface area contributed by atoms with Gasteiger partial charge in [-0.25, -0.2) is 9.97 Å². The lowest BCUT2D eigenvalue weighted by Gasteiger charge is -2.34. The molecule has 0 radical (unpaired) electrons. The van der Waals surface area contributed by atoms with Crippen LogP contribution in [0.3, 0.4) is 0 Å². The van der Waals surface area contributed by atoms with Crippen LogP contribution in [0.2, 0.25) is 0 Å². The van der Waals surface area contributed by atoms with Gasteiger partial charge in [-0.05, 0) is 37.8 Å². The predicted molar refractivity (Wildman–Crippen MR) is 97.1 cm³/mol. The van der Waals surface area contributed by atoms with E-state index in [1.54, 1.807) is 0 Å². The quantitative estimate of drug-likeness (QED) is 0.885. The predicted octanol–water partition coefficient (Wildman–Crippen LogP) is 2.89. The molecule has 0 spiro atoms. The van der Waals surface area contributed by atoms with Gasteiger partial charge in [0.05, 0.1) is 0 Å². The van der Waals surface area contributed by atoms with Crippen LogP contribution in [0.5, 0.6) is 0 Å². The average molecular weight is 325 g/mol. The van der Waals surface area contributed by atoms with Crippen molar-refractivity contribution in [1.29, 1.82) is 0 Å². The fourth-order valence-corrected chi connectivity index (χ4v) is 3.26. The van der Waals surface area contributed by atoms with Gasteiger partial charge in [-0.1, -0.05) is 19.4 Å². The molecule has 0 unspecified atom stereocenters. The summed E-state index contributed by atoms with van der Waals surface area (Å²) in [5.41, 5.74) is 2.53. The standard InChI is InChI=1S/C19H27N5/c1-3-5-17-14-21-15(2)23-19(17)24-10-7-18(8-11-24)22-13-16-6-4-9-20-12-16/h4,6,9,12,14,18,22H,3,5,7-8,10-11,13H2,1-2H3. The van der Waals surface area contributed by atoms with E-state index in [9.17, 15) is 0 Å². The first kappa shape index (κ1) is 16.8. The monoisotopic (exact) mass is 325 g/mol. The summed E-state index contributed by atoms with van der Waals surface area (Å²) >= 11 is 0. The van der Waals surface area contributed by atoms with Gasteiger partial charge in [-0.3, -0.25) is 4.98 Å². The van der Waals surface area contributed by atoms with Crippen molar-refractivity contribution >= 4 is 5.82 Å². The molecule has 3 rings (SSSR count). The zero-order valence-electron chi connectivity index (χ0n) is 14.7. The van der Waals surface area contributed by atoms with E-state index in [0.29, 0.717) is 6.04 Å². The van der Waals surface area contributed by atoms with Crippen LogP contribution in [0.15, 0.2) is 30.7 Å². The van der Waals surface area contributed by atoms with Gasteiger partial charge >= 0.3 is 0 Å². The summed E-state index contributed by atoms with van der Waals surface area (Å²) in [5, 5.41) is 3.66. The van der Waals surface area contributed by atoms with Gasteiger partial charge in [-0.15, -0.1) is 0 Å². The highest BCUT2D eigenvalue weighted by molar-refractivity contribution is 5.46. The maximum atomic E-state index is 4.72. The molecule has 0 bridgehead atoms. The largest absolute Gasteiger partial charge is 0.356 e. The first-order valence-corrected chi connectivity index (χ1v) is 8.96. The van der Waals surface area contributed by atoms with Crippen LogP contribution in [-0.2, 0) is 13.0 Å². The average Bonchev–Trinajstić information content (AvgIpc) is 2.63. The Bertz CT molecular complexity index is 635. The van der Waals surface area contributed by atoms with Crippen molar-refractivity contribution in [3.8, 4) is 0 Å². The van der Waals surface area contributed by atoms with Crippen LogP contribution in [0.25, 0.3) is 0 Å². The Morgan fingerprint density at radius 1 is 1.25 bits per heavy atom. The van der Waals surface area contributed by atoms with Crippen molar-refractivity contribution in [2.24, 2.45) is 0 Å². The highest BCUT2D eigenvalue weighted by Crippen LogP contribution is 2.23. The second-order valence-corrected chi connectivity index (χ2v) is 6.52. The van der Waals surface area contributed by atoms with Crippen LogP contribution in [0, 0.1) is 6.92 Å². The molecule has 0 atom stereocenters. The lowest BCUT2D eigenvalue weighted by atomic mass is 10.0. The summed E-state index contributed by atoms with van der Waals surface area (Å²) in [6.45, 7) is 7.18. The first-order chi connectivity index (χ1) is 11.8. The van der Waals surface area contributed by atoms with E-state index < -0.39 is 0 Å². The van der Waals surface area contributed by atoms with Crippen molar-refractivity contribution in [2.75, 3.05) is 18.0 Å². The van der Waals surface area contributed by atoms with Gasteiger partial charge in [-0.2, -0.15) is 0 Å². The third-order valence-corrected chi connectivity index (χ3v) is 4.59. The smallest absolute Gasteiger partial charge is 0.135 e. The number of rotatable bonds is 6. The van der Waals surface area contributed by atoms with E-state index >= 15 is 0 Å². The summed E-state index contributed by atoms with van der Waals surface area (Å²) in [7, 11) is 0. The number of nitrogens with zero attached hydrogens (tertiary/aromatic N) is 4. The van der Waals surface area contributed by atoms with Gasteiger partial charge in [0.25, 0.3) is 0 Å². The van der Waals surface area contributed by atoms with Crippen molar-refractivity contribution < 1.29 is 0 Å². The molecule has 1 fully saturated rings. The number of anilines is 1. The molecule has 24 heavy (non-hydrogen) atoms. The van der Waals surface area contributed by atoms with E-state index in [4.69, 9.17) is 4.98 Å². The molecule has 1 aliphatic heterocycles.